The molecule has 4 aliphatic rings. The van der Waals surface area contributed by atoms with Gasteiger partial charge >= 0.3 is 6.03 Å². The maximum atomic E-state index is 12.7. The summed E-state index contributed by atoms with van der Waals surface area (Å²) >= 11 is 0. The third-order valence-corrected chi connectivity index (χ3v) is 6.52. The lowest BCUT2D eigenvalue weighted by Gasteiger charge is -2.64. The van der Waals surface area contributed by atoms with Crippen molar-refractivity contribution >= 4 is 17.7 Å². The van der Waals surface area contributed by atoms with Crippen molar-refractivity contribution in [2.45, 2.75) is 0 Å². The van der Waals surface area contributed by atoms with Gasteiger partial charge in [0.1, 0.15) is 0 Å². The third kappa shape index (κ3) is 2.35. The number of amides is 2. The second kappa shape index (κ2) is 5.52. The number of rotatable bonds is 2. The number of likely N-dealkylation sites (tertiary alicyclic amines) is 2. The van der Waals surface area contributed by atoms with Gasteiger partial charge in [-0.25, -0.2) is 4.79 Å². The molecule has 4 saturated heterocycles. The predicted octanol–water partition coefficient (Wildman–Crippen LogP) is 0.331. The second-order valence-corrected chi connectivity index (χ2v) is 8.87. The van der Waals surface area contributed by atoms with Gasteiger partial charge < -0.3 is 19.6 Å². The molecule has 0 N–H and O–H groups in total. The molecule has 0 unspecified atom stereocenters. The van der Waals surface area contributed by atoms with E-state index in [9.17, 15) is 4.79 Å². The van der Waals surface area contributed by atoms with Gasteiger partial charge in [-0.2, -0.15) is 10.2 Å². The van der Waals surface area contributed by atoms with Gasteiger partial charge in [-0.15, -0.1) is 10.2 Å². The SMILES string of the molecule is O=C(N1CC2(C1)CN(c1cccnn1)C2)N1CC2(C1)CN(c1cccnn1)C2. The van der Waals surface area contributed by atoms with Crippen molar-refractivity contribution in [3.05, 3.63) is 36.7 Å². The van der Waals surface area contributed by atoms with Crippen molar-refractivity contribution in [3.63, 3.8) is 0 Å². The van der Waals surface area contributed by atoms with Crippen LogP contribution in [0.25, 0.3) is 0 Å². The van der Waals surface area contributed by atoms with Gasteiger partial charge in [0.15, 0.2) is 11.6 Å². The Balaban J connectivity index is 0.973. The van der Waals surface area contributed by atoms with Gasteiger partial charge in [-0.3, -0.25) is 0 Å². The maximum absolute atomic E-state index is 12.7. The van der Waals surface area contributed by atoms with Gasteiger partial charge in [0.2, 0.25) is 0 Å². The summed E-state index contributed by atoms with van der Waals surface area (Å²) in [6, 6.07) is 8.01. The van der Waals surface area contributed by atoms with E-state index in [4.69, 9.17) is 0 Å². The molecule has 0 aliphatic carbocycles. The summed E-state index contributed by atoms with van der Waals surface area (Å²) in [4.78, 5) is 21.2. The molecule has 9 heteroatoms. The number of urea groups is 1. The van der Waals surface area contributed by atoms with Crippen LogP contribution in [-0.4, -0.2) is 88.6 Å². The Kier molecular flexibility index (Phi) is 3.16. The number of hydrogen-bond donors (Lipinski definition) is 0. The molecule has 6 heterocycles. The normalized spacial score (nSPS) is 23.7. The Morgan fingerprint density at radius 1 is 0.714 bits per heavy atom. The van der Waals surface area contributed by atoms with Crippen LogP contribution < -0.4 is 9.80 Å². The van der Waals surface area contributed by atoms with E-state index in [1.165, 1.54) is 0 Å². The average molecular weight is 378 g/mol. The zero-order valence-corrected chi connectivity index (χ0v) is 15.6. The van der Waals surface area contributed by atoms with Crippen LogP contribution in [0.5, 0.6) is 0 Å². The molecular weight excluding hydrogens is 356 g/mol. The van der Waals surface area contributed by atoms with E-state index in [0.29, 0.717) is 0 Å². The van der Waals surface area contributed by atoms with Crippen LogP contribution in [0.15, 0.2) is 36.7 Å². The highest BCUT2D eigenvalue weighted by Crippen LogP contribution is 2.45. The van der Waals surface area contributed by atoms with Gasteiger partial charge in [0.25, 0.3) is 0 Å². The van der Waals surface area contributed by atoms with Gasteiger partial charge in [0, 0.05) is 75.6 Å². The molecule has 6 rings (SSSR count). The summed E-state index contributed by atoms with van der Waals surface area (Å²) in [5, 5.41) is 16.2. The Labute approximate surface area is 162 Å². The Morgan fingerprint density at radius 3 is 1.50 bits per heavy atom. The number of hydrogen-bond acceptors (Lipinski definition) is 7. The van der Waals surface area contributed by atoms with E-state index < -0.39 is 0 Å². The lowest BCUT2D eigenvalue weighted by atomic mass is 9.71. The lowest BCUT2D eigenvalue weighted by Crippen LogP contribution is -2.78. The van der Waals surface area contributed by atoms with Crippen molar-refractivity contribution in [2.24, 2.45) is 10.8 Å². The fourth-order valence-electron chi connectivity index (χ4n) is 5.17. The van der Waals surface area contributed by atoms with Crippen LogP contribution in [0.2, 0.25) is 0 Å². The van der Waals surface area contributed by atoms with Gasteiger partial charge in [-0.1, -0.05) is 0 Å². The Hall–Kier alpha value is -2.97. The summed E-state index contributed by atoms with van der Waals surface area (Å²) in [6.07, 6.45) is 3.38. The molecule has 4 aliphatic heterocycles. The summed E-state index contributed by atoms with van der Waals surface area (Å²) < 4.78 is 0. The van der Waals surface area contributed by atoms with Crippen LogP contribution in [0.1, 0.15) is 0 Å². The Bertz CT molecular complexity index is 805. The highest BCUT2D eigenvalue weighted by Gasteiger charge is 2.58. The first kappa shape index (κ1) is 16.0. The summed E-state index contributed by atoms with van der Waals surface area (Å²) in [7, 11) is 0. The maximum Gasteiger partial charge on any atom is 0.320 e. The molecule has 0 bridgehead atoms. The summed E-state index contributed by atoms with van der Waals surface area (Å²) in [6.45, 7) is 7.29. The van der Waals surface area contributed by atoms with Crippen LogP contribution >= 0.6 is 0 Å². The van der Waals surface area contributed by atoms with Crippen molar-refractivity contribution in [1.82, 2.24) is 30.2 Å². The zero-order chi connectivity index (χ0) is 18.8. The van der Waals surface area contributed by atoms with Crippen molar-refractivity contribution in [2.75, 3.05) is 62.2 Å². The molecule has 0 radical (unpaired) electrons. The first-order valence-electron chi connectivity index (χ1n) is 9.73. The first-order valence-corrected chi connectivity index (χ1v) is 9.73. The van der Waals surface area contributed by atoms with E-state index in [0.717, 1.165) is 64.0 Å². The minimum absolute atomic E-state index is 0.201. The molecular formula is C19H22N8O. The highest BCUT2D eigenvalue weighted by molar-refractivity contribution is 5.77. The minimum Gasteiger partial charge on any atom is -0.354 e. The van der Waals surface area contributed by atoms with Crippen molar-refractivity contribution in [3.8, 4) is 0 Å². The number of anilines is 2. The van der Waals surface area contributed by atoms with Crippen molar-refractivity contribution < 1.29 is 4.79 Å². The third-order valence-electron chi connectivity index (χ3n) is 6.52. The van der Waals surface area contributed by atoms with Crippen LogP contribution in [0.4, 0.5) is 16.4 Å². The number of aromatic nitrogens is 4. The molecule has 0 saturated carbocycles. The fraction of sp³-hybridized carbons (Fsp3) is 0.526. The average Bonchev–Trinajstić information content (AvgIpc) is 2.59. The van der Waals surface area contributed by atoms with Gasteiger partial charge in [0.05, 0.1) is 0 Å². The van der Waals surface area contributed by atoms with Gasteiger partial charge in [-0.05, 0) is 24.3 Å². The molecule has 2 amide bonds. The smallest absolute Gasteiger partial charge is 0.320 e. The van der Waals surface area contributed by atoms with Crippen LogP contribution in [-0.2, 0) is 0 Å². The molecule has 2 aromatic heterocycles. The molecule has 28 heavy (non-hydrogen) atoms. The van der Waals surface area contributed by atoms with E-state index in [1.807, 2.05) is 34.1 Å². The summed E-state index contributed by atoms with van der Waals surface area (Å²) in [5.41, 5.74) is 0.518. The monoisotopic (exact) mass is 378 g/mol. The molecule has 9 nitrogen and oxygen atoms in total. The summed E-state index contributed by atoms with van der Waals surface area (Å²) in [5.74, 6) is 1.86. The molecule has 2 spiro atoms. The predicted molar refractivity (Wildman–Crippen MR) is 102 cm³/mol. The van der Waals surface area contributed by atoms with Crippen molar-refractivity contribution in [1.29, 1.82) is 0 Å². The fourth-order valence-corrected chi connectivity index (χ4v) is 5.17. The first-order chi connectivity index (χ1) is 13.6. The lowest BCUT2D eigenvalue weighted by molar-refractivity contribution is -0.0444. The van der Waals surface area contributed by atoms with E-state index >= 15 is 0 Å². The number of nitrogens with zero attached hydrogens (tertiary/aromatic N) is 8. The second-order valence-electron chi connectivity index (χ2n) is 8.87. The standard InChI is InChI=1S/C19H22N8O/c28-17(26-11-18(12-26)7-24(8-18)15-3-1-5-20-22-15)27-13-19(14-27)9-25(10-19)16-4-2-6-21-23-16/h1-6H,7-14H2. The molecule has 0 atom stereocenters. The van der Waals surface area contributed by atoms with E-state index in [-0.39, 0.29) is 16.9 Å². The van der Waals surface area contributed by atoms with E-state index in [1.54, 1.807) is 12.4 Å². The number of carbonyl (C=O) groups is 1. The highest BCUT2D eigenvalue weighted by atomic mass is 16.2. The van der Waals surface area contributed by atoms with Crippen LogP contribution in [0, 0.1) is 10.8 Å². The minimum atomic E-state index is 0.201. The Morgan fingerprint density at radius 2 is 1.14 bits per heavy atom. The zero-order valence-electron chi connectivity index (χ0n) is 15.6. The molecule has 2 aromatic rings. The molecule has 144 valence electrons. The number of carbonyl (C=O) groups excluding carboxylic acids is 1. The largest absolute Gasteiger partial charge is 0.354 e. The van der Waals surface area contributed by atoms with E-state index in [2.05, 4.69) is 30.2 Å². The molecule has 0 aromatic carbocycles. The molecule has 4 fully saturated rings. The topological polar surface area (TPSA) is 81.6 Å². The quantitative estimate of drug-likeness (QED) is 0.745. The van der Waals surface area contributed by atoms with Crippen LogP contribution in [0.3, 0.4) is 0 Å².